The maximum absolute atomic E-state index is 12.2. The Morgan fingerprint density at radius 3 is 2.95 bits per heavy atom. The van der Waals surface area contributed by atoms with Crippen molar-refractivity contribution < 1.29 is 4.79 Å². The molecule has 1 atom stereocenters. The normalized spacial score (nSPS) is 12.1. The van der Waals surface area contributed by atoms with Crippen molar-refractivity contribution in [1.82, 2.24) is 20.0 Å². The zero-order valence-corrected chi connectivity index (χ0v) is 12.4. The summed E-state index contributed by atoms with van der Waals surface area (Å²) in [6.07, 6.45) is 5.20. The average Bonchev–Trinajstić information content (AvgIpc) is 3.17. The van der Waals surface area contributed by atoms with Crippen LogP contribution in [0, 0.1) is 6.92 Å². The molecule has 2 heterocycles. The molecule has 6 nitrogen and oxygen atoms in total. The molecule has 1 unspecified atom stereocenters. The van der Waals surface area contributed by atoms with Gasteiger partial charge >= 0.3 is 0 Å². The van der Waals surface area contributed by atoms with Gasteiger partial charge in [0.2, 0.25) is 5.91 Å². The lowest BCUT2D eigenvalue weighted by Gasteiger charge is -2.08. The van der Waals surface area contributed by atoms with Crippen molar-refractivity contribution in [3.05, 3.63) is 60.0 Å². The Bertz CT molecular complexity index is 775. The van der Waals surface area contributed by atoms with Crippen LogP contribution in [0.15, 0.2) is 48.9 Å². The quantitative estimate of drug-likeness (QED) is 0.777. The third kappa shape index (κ3) is 2.90. The molecule has 0 radical (unpaired) electrons. The first-order valence-electron chi connectivity index (χ1n) is 7.05. The van der Waals surface area contributed by atoms with Crippen LogP contribution in [0.25, 0.3) is 5.69 Å². The highest BCUT2D eigenvalue weighted by atomic mass is 16.1. The minimum Gasteiger partial charge on any atom is -0.311 e. The Morgan fingerprint density at radius 2 is 2.23 bits per heavy atom. The molecule has 3 aromatic rings. The van der Waals surface area contributed by atoms with Gasteiger partial charge in [0, 0.05) is 17.8 Å². The van der Waals surface area contributed by atoms with Crippen molar-refractivity contribution >= 4 is 11.7 Å². The number of H-pyrrole nitrogens is 1. The van der Waals surface area contributed by atoms with Gasteiger partial charge in [0.25, 0.3) is 0 Å². The van der Waals surface area contributed by atoms with Gasteiger partial charge in [-0.25, -0.2) is 4.68 Å². The molecule has 1 aromatic carbocycles. The Kier molecular flexibility index (Phi) is 3.74. The van der Waals surface area contributed by atoms with Crippen molar-refractivity contribution in [2.24, 2.45) is 0 Å². The van der Waals surface area contributed by atoms with Crippen molar-refractivity contribution in [2.75, 3.05) is 5.32 Å². The van der Waals surface area contributed by atoms with Gasteiger partial charge in [-0.3, -0.25) is 9.89 Å². The number of hydrogen-bond donors (Lipinski definition) is 2. The molecular weight excluding hydrogens is 278 g/mol. The van der Waals surface area contributed by atoms with Gasteiger partial charge < -0.3 is 5.32 Å². The number of amides is 1. The molecule has 0 saturated carbocycles. The predicted molar refractivity (Wildman–Crippen MR) is 83.9 cm³/mol. The SMILES string of the molecule is Cc1cccc(-n2cc(C(C)C(=O)Nc3ccn[nH]3)cn2)c1. The number of nitrogens with zero attached hydrogens (tertiary/aromatic N) is 3. The number of nitrogens with one attached hydrogen (secondary N) is 2. The van der Waals surface area contributed by atoms with Crippen LogP contribution in [0.1, 0.15) is 24.0 Å². The van der Waals surface area contributed by atoms with E-state index in [1.165, 1.54) is 5.56 Å². The molecule has 0 saturated heterocycles. The van der Waals surface area contributed by atoms with E-state index in [9.17, 15) is 4.79 Å². The summed E-state index contributed by atoms with van der Waals surface area (Å²) in [6, 6.07) is 9.76. The van der Waals surface area contributed by atoms with Crippen LogP contribution in [-0.2, 0) is 4.79 Å². The van der Waals surface area contributed by atoms with Gasteiger partial charge in [0.05, 0.1) is 24.0 Å². The molecule has 3 rings (SSSR count). The number of carbonyl (C=O) groups is 1. The van der Waals surface area contributed by atoms with E-state index in [4.69, 9.17) is 0 Å². The van der Waals surface area contributed by atoms with Crippen LogP contribution < -0.4 is 5.32 Å². The molecule has 112 valence electrons. The number of aromatic amines is 1. The van der Waals surface area contributed by atoms with E-state index in [1.54, 1.807) is 23.1 Å². The number of aryl methyl sites for hydroxylation is 1. The first-order chi connectivity index (χ1) is 10.6. The summed E-state index contributed by atoms with van der Waals surface area (Å²) in [4.78, 5) is 12.2. The Balaban J connectivity index is 1.76. The minimum absolute atomic E-state index is 0.104. The number of carbonyl (C=O) groups excluding carboxylic acids is 1. The van der Waals surface area contributed by atoms with Crippen molar-refractivity contribution in [3.8, 4) is 5.69 Å². The molecule has 0 aliphatic heterocycles. The Hall–Kier alpha value is -2.89. The number of benzene rings is 1. The van der Waals surface area contributed by atoms with E-state index in [-0.39, 0.29) is 11.8 Å². The Morgan fingerprint density at radius 1 is 1.36 bits per heavy atom. The van der Waals surface area contributed by atoms with Gasteiger partial charge in [0.15, 0.2) is 0 Å². The van der Waals surface area contributed by atoms with Crippen LogP contribution in [0.5, 0.6) is 0 Å². The lowest BCUT2D eigenvalue weighted by molar-refractivity contribution is -0.117. The van der Waals surface area contributed by atoms with Crippen molar-refractivity contribution in [3.63, 3.8) is 0 Å². The summed E-state index contributed by atoms with van der Waals surface area (Å²) in [5, 5.41) is 13.6. The number of aromatic nitrogens is 4. The molecule has 22 heavy (non-hydrogen) atoms. The zero-order valence-electron chi connectivity index (χ0n) is 12.4. The minimum atomic E-state index is -0.304. The molecule has 0 aliphatic carbocycles. The largest absolute Gasteiger partial charge is 0.311 e. The van der Waals surface area contributed by atoms with Crippen LogP contribution in [0.3, 0.4) is 0 Å². The predicted octanol–water partition coefficient (Wildman–Crippen LogP) is 2.65. The van der Waals surface area contributed by atoms with Crippen LogP contribution in [0.2, 0.25) is 0 Å². The summed E-state index contributed by atoms with van der Waals surface area (Å²) in [5.74, 6) is 0.179. The first-order valence-corrected chi connectivity index (χ1v) is 7.05. The fourth-order valence-corrected chi connectivity index (χ4v) is 2.19. The second-order valence-corrected chi connectivity index (χ2v) is 5.24. The van der Waals surface area contributed by atoms with Gasteiger partial charge in [-0.2, -0.15) is 10.2 Å². The maximum atomic E-state index is 12.2. The summed E-state index contributed by atoms with van der Waals surface area (Å²) < 4.78 is 1.78. The van der Waals surface area contributed by atoms with Crippen molar-refractivity contribution in [1.29, 1.82) is 0 Å². The first kappa shape index (κ1) is 14.1. The third-order valence-electron chi connectivity index (χ3n) is 3.52. The highest BCUT2D eigenvalue weighted by Crippen LogP contribution is 2.18. The molecule has 6 heteroatoms. The number of anilines is 1. The lowest BCUT2D eigenvalue weighted by atomic mass is 10.0. The van der Waals surface area contributed by atoms with E-state index in [1.807, 2.05) is 44.3 Å². The van der Waals surface area contributed by atoms with Gasteiger partial charge in [-0.05, 0) is 31.5 Å². The molecule has 0 spiro atoms. The molecule has 2 aromatic heterocycles. The van der Waals surface area contributed by atoms with E-state index < -0.39 is 0 Å². The molecule has 0 aliphatic rings. The maximum Gasteiger partial charge on any atom is 0.232 e. The average molecular weight is 295 g/mol. The molecule has 1 amide bonds. The summed E-state index contributed by atoms with van der Waals surface area (Å²) in [6.45, 7) is 3.89. The van der Waals surface area contributed by atoms with E-state index >= 15 is 0 Å². The monoisotopic (exact) mass is 295 g/mol. The van der Waals surface area contributed by atoms with Crippen LogP contribution in [-0.4, -0.2) is 25.9 Å². The lowest BCUT2D eigenvalue weighted by Crippen LogP contribution is -2.18. The molecular formula is C16H17N5O. The van der Waals surface area contributed by atoms with Gasteiger partial charge in [-0.1, -0.05) is 12.1 Å². The van der Waals surface area contributed by atoms with E-state index in [0.717, 1.165) is 11.3 Å². The molecule has 0 fully saturated rings. The highest BCUT2D eigenvalue weighted by Gasteiger charge is 2.17. The van der Waals surface area contributed by atoms with Gasteiger partial charge in [-0.15, -0.1) is 0 Å². The number of rotatable bonds is 4. The summed E-state index contributed by atoms with van der Waals surface area (Å²) in [5.41, 5.74) is 3.01. The van der Waals surface area contributed by atoms with Crippen LogP contribution in [0.4, 0.5) is 5.82 Å². The fourth-order valence-electron chi connectivity index (χ4n) is 2.19. The molecule has 2 N–H and O–H groups in total. The zero-order chi connectivity index (χ0) is 15.5. The van der Waals surface area contributed by atoms with E-state index in [2.05, 4.69) is 20.6 Å². The third-order valence-corrected chi connectivity index (χ3v) is 3.52. The highest BCUT2D eigenvalue weighted by molar-refractivity contribution is 5.94. The molecule has 0 bridgehead atoms. The standard InChI is InChI=1S/C16H17N5O/c1-11-4-3-5-14(8-11)21-10-13(9-18-21)12(2)16(22)19-15-6-7-17-20-15/h3-10,12H,1-2H3,(H2,17,19,20,22). The van der Waals surface area contributed by atoms with Crippen LogP contribution >= 0.6 is 0 Å². The smallest absolute Gasteiger partial charge is 0.232 e. The van der Waals surface area contributed by atoms with E-state index in [0.29, 0.717) is 5.82 Å². The fraction of sp³-hybridized carbons (Fsp3) is 0.188. The summed E-state index contributed by atoms with van der Waals surface area (Å²) in [7, 11) is 0. The topological polar surface area (TPSA) is 75.6 Å². The number of hydrogen-bond acceptors (Lipinski definition) is 3. The Labute approximate surface area is 128 Å². The second-order valence-electron chi connectivity index (χ2n) is 5.24. The van der Waals surface area contributed by atoms with Crippen molar-refractivity contribution in [2.45, 2.75) is 19.8 Å². The van der Waals surface area contributed by atoms with Gasteiger partial charge in [0.1, 0.15) is 5.82 Å². The second kappa shape index (κ2) is 5.85. The summed E-state index contributed by atoms with van der Waals surface area (Å²) >= 11 is 0.